The van der Waals surface area contributed by atoms with Gasteiger partial charge in [-0.3, -0.25) is 4.99 Å². The Balaban J connectivity index is 1.85. The molecule has 1 aromatic rings. The Labute approximate surface area is 158 Å². The number of nitrogens with one attached hydrogen (secondary N) is 2. The van der Waals surface area contributed by atoms with Crippen molar-refractivity contribution in [2.24, 2.45) is 10.4 Å². The minimum atomic E-state index is 0.372. The third kappa shape index (κ3) is 6.52. The van der Waals surface area contributed by atoms with E-state index in [4.69, 9.17) is 14.5 Å². The minimum Gasteiger partial charge on any atom is -0.496 e. The first-order valence-corrected chi connectivity index (χ1v) is 9.86. The Bertz CT molecular complexity index is 583. The molecule has 1 saturated carbocycles. The van der Waals surface area contributed by atoms with Crippen LogP contribution in [-0.4, -0.2) is 45.9 Å². The van der Waals surface area contributed by atoms with Crippen LogP contribution in [0.2, 0.25) is 0 Å². The van der Waals surface area contributed by atoms with E-state index in [2.05, 4.69) is 36.6 Å². The Morgan fingerprint density at radius 1 is 1.23 bits per heavy atom. The highest BCUT2D eigenvalue weighted by atomic mass is 16.5. The normalized spacial score (nSPS) is 15.6. The molecule has 0 unspecified atom stereocenters. The monoisotopic (exact) mass is 361 g/mol. The second-order valence-corrected chi connectivity index (χ2v) is 7.13. The van der Waals surface area contributed by atoms with Crippen molar-refractivity contribution < 1.29 is 9.47 Å². The molecule has 2 rings (SSSR count). The molecular formula is C21H35N3O2. The van der Waals surface area contributed by atoms with E-state index >= 15 is 0 Å². The van der Waals surface area contributed by atoms with Gasteiger partial charge in [0.2, 0.25) is 0 Å². The fourth-order valence-corrected chi connectivity index (χ4v) is 3.10. The van der Waals surface area contributed by atoms with E-state index in [-0.39, 0.29) is 0 Å². The summed E-state index contributed by atoms with van der Waals surface area (Å²) in [6.45, 7) is 10.5. The highest BCUT2D eigenvalue weighted by Gasteiger charge is 2.41. The average Bonchev–Trinajstić information content (AvgIpc) is 3.40. The predicted molar refractivity (Wildman–Crippen MR) is 108 cm³/mol. The lowest BCUT2D eigenvalue weighted by molar-refractivity contribution is 0.129. The van der Waals surface area contributed by atoms with E-state index in [0.717, 1.165) is 57.4 Å². The van der Waals surface area contributed by atoms with Gasteiger partial charge in [-0.15, -0.1) is 0 Å². The maximum Gasteiger partial charge on any atom is 0.191 e. The number of rotatable bonds is 11. The average molecular weight is 362 g/mol. The summed E-state index contributed by atoms with van der Waals surface area (Å²) in [6, 6.07) is 6.31. The number of benzene rings is 1. The summed E-state index contributed by atoms with van der Waals surface area (Å²) in [7, 11) is 1.73. The van der Waals surface area contributed by atoms with Crippen molar-refractivity contribution in [1.29, 1.82) is 0 Å². The maximum atomic E-state index is 5.52. The van der Waals surface area contributed by atoms with Crippen LogP contribution in [-0.2, 0) is 11.2 Å². The Hall–Kier alpha value is -1.75. The van der Waals surface area contributed by atoms with Crippen LogP contribution in [0, 0.1) is 12.3 Å². The number of guanidine groups is 1. The Morgan fingerprint density at radius 3 is 2.69 bits per heavy atom. The number of methoxy groups -OCH3 is 1. The van der Waals surface area contributed by atoms with Crippen LogP contribution in [0.25, 0.3) is 0 Å². The maximum absolute atomic E-state index is 5.52. The molecular weight excluding hydrogens is 326 g/mol. The fraction of sp³-hybridized carbons (Fsp3) is 0.667. The molecule has 1 fully saturated rings. The third-order valence-corrected chi connectivity index (χ3v) is 4.98. The van der Waals surface area contributed by atoms with Gasteiger partial charge in [0.05, 0.1) is 7.11 Å². The second-order valence-electron chi connectivity index (χ2n) is 7.13. The summed E-state index contributed by atoms with van der Waals surface area (Å²) in [6.07, 6.45) is 4.56. The van der Waals surface area contributed by atoms with Gasteiger partial charge in [0, 0.05) is 32.8 Å². The first-order chi connectivity index (χ1) is 12.6. The molecule has 0 bridgehead atoms. The first kappa shape index (κ1) is 20.6. The molecule has 0 radical (unpaired) electrons. The van der Waals surface area contributed by atoms with Crippen molar-refractivity contribution in [2.45, 2.75) is 46.5 Å². The summed E-state index contributed by atoms with van der Waals surface area (Å²) in [5.74, 6) is 1.86. The number of hydrogen-bond acceptors (Lipinski definition) is 3. The van der Waals surface area contributed by atoms with Crippen LogP contribution in [0.4, 0.5) is 0 Å². The summed E-state index contributed by atoms with van der Waals surface area (Å²) in [5, 5.41) is 6.81. The van der Waals surface area contributed by atoms with E-state index in [1.807, 2.05) is 13.0 Å². The molecule has 5 nitrogen and oxygen atoms in total. The number of aryl methyl sites for hydroxylation is 1. The summed E-state index contributed by atoms with van der Waals surface area (Å²) in [5.41, 5.74) is 2.86. The van der Waals surface area contributed by atoms with Crippen LogP contribution >= 0.6 is 0 Å². The smallest absolute Gasteiger partial charge is 0.191 e. The van der Waals surface area contributed by atoms with Crippen molar-refractivity contribution in [2.75, 3.05) is 40.0 Å². The lowest BCUT2D eigenvalue weighted by Crippen LogP contribution is -2.38. The van der Waals surface area contributed by atoms with Crippen LogP contribution in [0.5, 0.6) is 5.75 Å². The van der Waals surface area contributed by atoms with Crippen LogP contribution in [0.3, 0.4) is 0 Å². The molecule has 0 saturated heterocycles. The fourth-order valence-electron chi connectivity index (χ4n) is 3.10. The summed E-state index contributed by atoms with van der Waals surface area (Å²) >= 11 is 0. The number of nitrogens with zero attached hydrogens (tertiary/aromatic N) is 1. The molecule has 0 amide bonds. The van der Waals surface area contributed by atoms with Crippen molar-refractivity contribution in [3.8, 4) is 5.75 Å². The lowest BCUT2D eigenvalue weighted by atomic mass is 10.0. The highest BCUT2D eigenvalue weighted by molar-refractivity contribution is 5.79. The number of aliphatic imine (C=N–C) groups is 1. The Kier molecular flexibility index (Phi) is 8.23. The first-order valence-electron chi connectivity index (χ1n) is 9.86. The zero-order valence-electron chi connectivity index (χ0n) is 16.9. The van der Waals surface area contributed by atoms with Gasteiger partial charge in [0.25, 0.3) is 0 Å². The minimum absolute atomic E-state index is 0.372. The zero-order valence-corrected chi connectivity index (χ0v) is 16.9. The quantitative estimate of drug-likeness (QED) is 0.361. The van der Waals surface area contributed by atoms with Gasteiger partial charge in [-0.05, 0) is 63.5 Å². The Morgan fingerprint density at radius 2 is 2.04 bits per heavy atom. The van der Waals surface area contributed by atoms with E-state index in [1.165, 1.54) is 24.0 Å². The van der Waals surface area contributed by atoms with Gasteiger partial charge in [-0.25, -0.2) is 0 Å². The molecule has 0 aromatic heterocycles. The number of ether oxygens (including phenoxy) is 2. The predicted octanol–water partition coefficient (Wildman–Crippen LogP) is 3.31. The van der Waals surface area contributed by atoms with Gasteiger partial charge in [-0.1, -0.05) is 17.7 Å². The van der Waals surface area contributed by atoms with Gasteiger partial charge >= 0.3 is 0 Å². The molecule has 1 aromatic carbocycles. The third-order valence-electron chi connectivity index (χ3n) is 4.98. The van der Waals surface area contributed by atoms with Crippen molar-refractivity contribution in [3.63, 3.8) is 0 Å². The standard InChI is InChI=1S/C21H35N3O2/c1-5-22-20(24-16-21(10-11-21)12-14-26-6-2)23-13-9-18-15-17(3)7-8-19(18)25-4/h7-8,15H,5-6,9-14,16H2,1-4H3,(H2,22,23,24). The largest absolute Gasteiger partial charge is 0.496 e. The molecule has 0 heterocycles. The summed E-state index contributed by atoms with van der Waals surface area (Å²) in [4.78, 5) is 4.83. The number of hydrogen-bond donors (Lipinski definition) is 2. The molecule has 0 spiro atoms. The van der Waals surface area contributed by atoms with E-state index in [0.29, 0.717) is 5.41 Å². The van der Waals surface area contributed by atoms with E-state index < -0.39 is 0 Å². The van der Waals surface area contributed by atoms with Gasteiger partial charge in [-0.2, -0.15) is 0 Å². The van der Waals surface area contributed by atoms with Crippen molar-refractivity contribution in [1.82, 2.24) is 10.6 Å². The van der Waals surface area contributed by atoms with Crippen LogP contribution in [0.1, 0.15) is 44.2 Å². The molecule has 1 aliphatic rings. The zero-order chi connectivity index (χ0) is 18.8. The van der Waals surface area contributed by atoms with Crippen molar-refractivity contribution in [3.05, 3.63) is 29.3 Å². The lowest BCUT2D eigenvalue weighted by Gasteiger charge is -2.16. The highest BCUT2D eigenvalue weighted by Crippen LogP contribution is 2.48. The molecule has 2 N–H and O–H groups in total. The molecule has 0 atom stereocenters. The van der Waals surface area contributed by atoms with Gasteiger partial charge < -0.3 is 20.1 Å². The van der Waals surface area contributed by atoms with E-state index in [9.17, 15) is 0 Å². The molecule has 26 heavy (non-hydrogen) atoms. The molecule has 5 heteroatoms. The van der Waals surface area contributed by atoms with Crippen molar-refractivity contribution >= 4 is 5.96 Å². The topological polar surface area (TPSA) is 54.9 Å². The SMILES string of the molecule is CCNC(=NCC1(CCOCC)CC1)NCCc1cc(C)ccc1OC. The molecule has 146 valence electrons. The second kappa shape index (κ2) is 10.4. The summed E-state index contributed by atoms with van der Waals surface area (Å²) < 4.78 is 11.0. The van der Waals surface area contributed by atoms with Gasteiger partial charge in [0.15, 0.2) is 5.96 Å². The van der Waals surface area contributed by atoms with E-state index in [1.54, 1.807) is 7.11 Å². The van der Waals surface area contributed by atoms with Crippen LogP contribution in [0.15, 0.2) is 23.2 Å². The van der Waals surface area contributed by atoms with Gasteiger partial charge in [0.1, 0.15) is 5.75 Å². The van der Waals surface area contributed by atoms with Crippen LogP contribution < -0.4 is 15.4 Å². The molecule has 0 aliphatic heterocycles. The molecule has 1 aliphatic carbocycles.